The van der Waals surface area contributed by atoms with Crippen LogP contribution < -0.4 is 15.0 Å². The summed E-state index contributed by atoms with van der Waals surface area (Å²) in [5.74, 6) is 0.278. The summed E-state index contributed by atoms with van der Waals surface area (Å²) >= 11 is 0. The predicted molar refractivity (Wildman–Crippen MR) is 120 cm³/mol. The summed E-state index contributed by atoms with van der Waals surface area (Å²) in [6.45, 7) is 7.62. The van der Waals surface area contributed by atoms with Gasteiger partial charge in [-0.25, -0.2) is 0 Å². The summed E-state index contributed by atoms with van der Waals surface area (Å²) in [4.78, 5) is 28.7. The van der Waals surface area contributed by atoms with Crippen molar-refractivity contribution >= 4 is 17.5 Å². The topological polar surface area (TPSA) is 71.1 Å². The molecule has 2 aromatic carbocycles. The number of nitrogens with zero attached hydrogens (tertiary/aromatic N) is 2. The van der Waals surface area contributed by atoms with E-state index in [-0.39, 0.29) is 24.5 Å². The lowest BCUT2D eigenvalue weighted by molar-refractivity contribution is -0.129. The molecule has 0 radical (unpaired) electrons. The van der Waals surface area contributed by atoms with Crippen molar-refractivity contribution in [1.29, 1.82) is 0 Å². The lowest BCUT2D eigenvalue weighted by atomic mass is 10.1. The Bertz CT molecular complexity index is 859. The minimum atomic E-state index is -0.285. The highest BCUT2D eigenvalue weighted by Crippen LogP contribution is 2.17. The highest BCUT2D eigenvalue weighted by molar-refractivity contribution is 5.96. The molecule has 0 saturated carbocycles. The zero-order valence-electron chi connectivity index (χ0n) is 18.5. The number of anilines is 1. The van der Waals surface area contributed by atoms with E-state index in [1.54, 1.807) is 36.2 Å². The number of hydrogen-bond donors (Lipinski definition) is 1. The first kappa shape index (κ1) is 22.6. The summed E-state index contributed by atoms with van der Waals surface area (Å²) < 4.78 is 11.0. The van der Waals surface area contributed by atoms with Crippen molar-refractivity contribution in [3.05, 3.63) is 59.7 Å². The number of amides is 2. The zero-order chi connectivity index (χ0) is 22.2. The van der Waals surface area contributed by atoms with Gasteiger partial charge < -0.3 is 24.6 Å². The molecular weight excluding hydrogens is 394 g/mol. The normalized spacial score (nSPS) is 13.7. The number of carbonyl (C=O) groups is 2. The van der Waals surface area contributed by atoms with Gasteiger partial charge in [0.25, 0.3) is 5.91 Å². The Hall–Kier alpha value is -3.06. The van der Waals surface area contributed by atoms with Crippen molar-refractivity contribution in [3.63, 3.8) is 0 Å². The van der Waals surface area contributed by atoms with Gasteiger partial charge in [-0.15, -0.1) is 0 Å². The van der Waals surface area contributed by atoms with Crippen LogP contribution in [-0.4, -0.2) is 62.7 Å². The van der Waals surface area contributed by atoms with Gasteiger partial charge in [0.1, 0.15) is 5.75 Å². The highest BCUT2D eigenvalue weighted by atomic mass is 16.5. The minimum Gasteiger partial charge on any atom is -0.491 e. The van der Waals surface area contributed by atoms with E-state index in [1.165, 1.54) is 0 Å². The van der Waals surface area contributed by atoms with Crippen LogP contribution in [0.4, 0.5) is 5.69 Å². The monoisotopic (exact) mass is 425 g/mol. The SMILES string of the molecule is CC(C)Oc1ccc(C(=O)NCC(=O)N(C)Cc2ccc(N3CCOCC3)cc2)cc1. The molecule has 7 heteroatoms. The maximum Gasteiger partial charge on any atom is 0.251 e. The lowest BCUT2D eigenvalue weighted by Gasteiger charge is -2.29. The Morgan fingerprint density at radius 1 is 1.06 bits per heavy atom. The Kier molecular flexibility index (Phi) is 7.89. The van der Waals surface area contributed by atoms with E-state index >= 15 is 0 Å². The van der Waals surface area contributed by atoms with Crippen LogP contribution in [0.5, 0.6) is 5.75 Å². The Morgan fingerprint density at radius 3 is 2.32 bits per heavy atom. The molecular formula is C24H31N3O4. The third-order valence-electron chi connectivity index (χ3n) is 5.05. The van der Waals surface area contributed by atoms with Crippen LogP contribution in [0.3, 0.4) is 0 Å². The van der Waals surface area contributed by atoms with E-state index in [1.807, 2.05) is 26.0 Å². The van der Waals surface area contributed by atoms with Crippen molar-refractivity contribution < 1.29 is 19.1 Å². The van der Waals surface area contributed by atoms with Crippen LogP contribution in [-0.2, 0) is 16.1 Å². The molecule has 2 aromatic rings. The fraction of sp³-hybridized carbons (Fsp3) is 0.417. The van der Waals surface area contributed by atoms with Crippen LogP contribution in [0.25, 0.3) is 0 Å². The number of likely N-dealkylation sites (N-methyl/N-ethyl adjacent to an activating group) is 1. The standard InChI is InChI=1S/C24H31N3O4/c1-18(2)31-22-10-6-20(7-11-22)24(29)25-16-23(28)26(3)17-19-4-8-21(9-5-19)27-12-14-30-15-13-27/h4-11,18H,12-17H2,1-3H3,(H,25,29). The van der Waals surface area contributed by atoms with Crippen LogP contribution >= 0.6 is 0 Å². The summed E-state index contributed by atoms with van der Waals surface area (Å²) in [5, 5.41) is 2.69. The van der Waals surface area contributed by atoms with Crippen molar-refractivity contribution in [1.82, 2.24) is 10.2 Å². The van der Waals surface area contributed by atoms with Crippen LogP contribution in [0.2, 0.25) is 0 Å². The van der Waals surface area contributed by atoms with Gasteiger partial charge in [-0.1, -0.05) is 12.1 Å². The van der Waals surface area contributed by atoms with Crippen molar-refractivity contribution in [2.24, 2.45) is 0 Å². The molecule has 0 atom stereocenters. The first-order chi connectivity index (χ1) is 14.9. The smallest absolute Gasteiger partial charge is 0.251 e. The van der Waals surface area contributed by atoms with Crippen LogP contribution in [0.1, 0.15) is 29.8 Å². The van der Waals surface area contributed by atoms with Crippen LogP contribution in [0, 0.1) is 0 Å². The quantitative estimate of drug-likeness (QED) is 0.704. The number of ether oxygens (including phenoxy) is 2. The number of carbonyl (C=O) groups excluding carboxylic acids is 2. The molecule has 0 aromatic heterocycles. The second kappa shape index (κ2) is 10.8. The Morgan fingerprint density at radius 2 is 1.71 bits per heavy atom. The molecule has 31 heavy (non-hydrogen) atoms. The molecule has 1 heterocycles. The largest absolute Gasteiger partial charge is 0.491 e. The van der Waals surface area contributed by atoms with Gasteiger partial charge in [0, 0.05) is 37.9 Å². The fourth-order valence-electron chi connectivity index (χ4n) is 3.35. The second-order valence-corrected chi connectivity index (χ2v) is 7.89. The summed E-state index contributed by atoms with van der Waals surface area (Å²) in [7, 11) is 1.74. The molecule has 3 rings (SSSR count). The minimum absolute atomic E-state index is 0.0502. The Labute approximate surface area is 183 Å². The number of morpholine rings is 1. The molecule has 1 aliphatic heterocycles. The number of benzene rings is 2. The molecule has 7 nitrogen and oxygen atoms in total. The predicted octanol–water partition coefficient (Wildman–Crippen LogP) is 2.70. The lowest BCUT2D eigenvalue weighted by Crippen LogP contribution is -2.38. The van der Waals surface area contributed by atoms with Crippen molar-refractivity contribution in [3.8, 4) is 5.75 Å². The van der Waals surface area contributed by atoms with Crippen molar-refractivity contribution in [2.75, 3.05) is 44.8 Å². The molecule has 166 valence electrons. The third kappa shape index (κ3) is 6.72. The summed E-state index contributed by atoms with van der Waals surface area (Å²) in [6.07, 6.45) is 0.0726. The maximum atomic E-state index is 12.4. The Balaban J connectivity index is 1.46. The molecule has 1 N–H and O–H groups in total. The molecule has 2 amide bonds. The van der Waals surface area contributed by atoms with E-state index in [2.05, 4.69) is 22.3 Å². The molecule has 0 spiro atoms. The van der Waals surface area contributed by atoms with Gasteiger partial charge in [0.15, 0.2) is 0 Å². The van der Waals surface area contributed by atoms with Gasteiger partial charge in [-0.05, 0) is 55.8 Å². The number of rotatable bonds is 8. The average Bonchev–Trinajstić information content (AvgIpc) is 2.78. The van der Waals surface area contributed by atoms with Crippen LogP contribution in [0.15, 0.2) is 48.5 Å². The van der Waals surface area contributed by atoms with E-state index < -0.39 is 0 Å². The molecule has 1 aliphatic rings. The van der Waals surface area contributed by atoms with E-state index in [4.69, 9.17) is 9.47 Å². The second-order valence-electron chi connectivity index (χ2n) is 7.89. The summed E-state index contributed by atoms with van der Waals surface area (Å²) in [6, 6.07) is 15.1. The molecule has 1 saturated heterocycles. The first-order valence-corrected chi connectivity index (χ1v) is 10.6. The number of nitrogens with one attached hydrogen (secondary N) is 1. The van der Waals surface area contributed by atoms with Gasteiger partial charge in [0.05, 0.1) is 25.9 Å². The molecule has 0 aliphatic carbocycles. The highest BCUT2D eigenvalue weighted by Gasteiger charge is 2.14. The molecule has 0 bridgehead atoms. The maximum absolute atomic E-state index is 12.4. The summed E-state index contributed by atoms with van der Waals surface area (Å²) in [5.41, 5.74) is 2.70. The van der Waals surface area contributed by atoms with Gasteiger partial charge in [-0.2, -0.15) is 0 Å². The molecule has 0 unspecified atom stereocenters. The zero-order valence-corrected chi connectivity index (χ0v) is 18.5. The van der Waals surface area contributed by atoms with Gasteiger partial charge >= 0.3 is 0 Å². The van der Waals surface area contributed by atoms with E-state index in [0.717, 1.165) is 37.6 Å². The number of hydrogen-bond acceptors (Lipinski definition) is 5. The average molecular weight is 426 g/mol. The first-order valence-electron chi connectivity index (χ1n) is 10.6. The van der Waals surface area contributed by atoms with Crippen molar-refractivity contribution in [2.45, 2.75) is 26.5 Å². The fourth-order valence-corrected chi connectivity index (χ4v) is 3.35. The third-order valence-corrected chi connectivity index (χ3v) is 5.05. The van der Waals surface area contributed by atoms with Gasteiger partial charge in [-0.3, -0.25) is 9.59 Å². The van der Waals surface area contributed by atoms with E-state index in [0.29, 0.717) is 17.9 Å². The van der Waals surface area contributed by atoms with E-state index in [9.17, 15) is 9.59 Å². The molecule has 1 fully saturated rings. The van der Waals surface area contributed by atoms with Gasteiger partial charge in [0.2, 0.25) is 5.91 Å².